The second-order valence-corrected chi connectivity index (χ2v) is 3.87. The molecule has 0 spiro atoms. The zero-order chi connectivity index (χ0) is 12.1. The van der Waals surface area contributed by atoms with Gasteiger partial charge in [0, 0.05) is 6.42 Å². The molecule has 0 aliphatic carbocycles. The maximum atomic E-state index is 11.6. The second kappa shape index (κ2) is 5.34. The van der Waals surface area contributed by atoms with Crippen molar-refractivity contribution in [2.24, 2.45) is 0 Å². The molecule has 1 aromatic carbocycles. The van der Waals surface area contributed by atoms with Crippen LogP contribution in [-0.2, 0) is 11.2 Å². The van der Waals surface area contributed by atoms with Crippen molar-refractivity contribution in [3.63, 3.8) is 0 Å². The number of carbonyl (C=O) groups is 1. The molecule has 3 heteroatoms. The molecule has 88 valence electrons. The molecule has 0 saturated heterocycles. The van der Waals surface area contributed by atoms with Crippen molar-refractivity contribution in [1.82, 2.24) is 0 Å². The Kier molecular flexibility index (Phi) is 3.60. The van der Waals surface area contributed by atoms with E-state index in [2.05, 4.69) is 0 Å². The van der Waals surface area contributed by atoms with Gasteiger partial charge >= 0.3 is 5.97 Å². The van der Waals surface area contributed by atoms with Gasteiger partial charge in [-0.25, -0.2) is 0 Å². The lowest BCUT2D eigenvalue weighted by Crippen LogP contribution is -2.08. The zero-order valence-electron chi connectivity index (χ0n) is 9.68. The monoisotopic (exact) mass is 230 g/mol. The van der Waals surface area contributed by atoms with E-state index >= 15 is 0 Å². The van der Waals surface area contributed by atoms with Gasteiger partial charge in [0.15, 0.2) is 0 Å². The molecular formula is C14H14O3. The number of rotatable bonds is 4. The van der Waals surface area contributed by atoms with Gasteiger partial charge in [0.2, 0.25) is 0 Å². The van der Waals surface area contributed by atoms with E-state index in [0.717, 1.165) is 11.3 Å². The van der Waals surface area contributed by atoms with Crippen LogP contribution in [0, 0.1) is 6.92 Å². The molecule has 1 aromatic heterocycles. The normalized spacial score (nSPS) is 10.2. The van der Waals surface area contributed by atoms with Gasteiger partial charge in [-0.2, -0.15) is 0 Å². The zero-order valence-corrected chi connectivity index (χ0v) is 9.68. The summed E-state index contributed by atoms with van der Waals surface area (Å²) >= 11 is 0. The van der Waals surface area contributed by atoms with Crippen molar-refractivity contribution in [2.45, 2.75) is 19.8 Å². The minimum Gasteiger partial charge on any atom is -0.469 e. The van der Waals surface area contributed by atoms with Crippen LogP contribution in [0.2, 0.25) is 0 Å². The van der Waals surface area contributed by atoms with E-state index in [9.17, 15) is 4.79 Å². The second-order valence-electron chi connectivity index (χ2n) is 3.87. The van der Waals surface area contributed by atoms with Crippen LogP contribution >= 0.6 is 0 Å². The van der Waals surface area contributed by atoms with Crippen LogP contribution in [0.4, 0.5) is 0 Å². The Morgan fingerprint density at radius 1 is 1.29 bits per heavy atom. The Labute approximate surface area is 100 Å². The molecule has 0 atom stereocenters. The number of hydrogen-bond donors (Lipinski definition) is 0. The van der Waals surface area contributed by atoms with Crippen molar-refractivity contribution in [2.75, 3.05) is 0 Å². The molecular weight excluding hydrogens is 216 g/mol. The molecule has 0 aliphatic heterocycles. The molecule has 0 unspecified atom stereocenters. The number of aryl methyl sites for hydroxylation is 2. The summed E-state index contributed by atoms with van der Waals surface area (Å²) < 4.78 is 10.4. The largest absolute Gasteiger partial charge is 0.469 e. The van der Waals surface area contributed by atoms with Crippen molar-refractivity contribution < 1.29 is 13.9 Å². The summed E-state index contributed by atoms with van der Waals surface area (Å²) in [7, 11) is 0. The maximum Gasteiger partial charge on any atom is 0.311 e. The van der Waals surface area contributed by atoms with E-state index < -0.39 is 0 Å². The fourth-order valence-electron chi connectivity index (χ4n) is 1.54. The first kappa shape index (κ1) is 11.5. The predicted octanol–water partition coefficient (Wildman–Crippen LogP) is 3.13. The first-order valence-electron chi connectivity index (χ1n) is 5.54. The van der Waals surface area contributed by atoms with Gasteiger partial charge in [0.25, 0.3) is 0 Å². The molecule has 2 aromatic rings. The molecule has 3 nitrogen and oxygen atoms in total. The minimum atomic E-state index is -0.244. The highest BCUT2D eigenvalue weighted by atomic mass is 16.5. The molecule has 1 heterocycles. The molecule has 0 bridgehead atoms. The van der Waals surface area contributed by atoms with Crippen LogP contribution in [-0.4, -0.2) is 5.97 Å². The van der Waals surface area contributed by atoms with Crippen LogP contribution in [0.3, 0.4) is 0 Å². The van der Waals surface area contributed by atoms with Crippen LogP contribution < -0.4 is 4.74 Å². The number of ether oxygens (including phenoxy) is 1. The summed E-state index contributed by atoms with van der Waals surface area (Å²) in [5.41, 5.74) is 1.07. The number of esters is 1. The lowest BCUT2D eigenvalue weighted by Gasteiger charge is -2.04. The SMILES string of the molecule is Cc1cccc(OC(=O)CCc2ccco2)c1. The lowest BCUT2D eigenvalue weighted by atomic mass is 10.2. The third-order valence-electron chi connectivity index (χ3n) is 2.38. The third kappa shape index (κ3) is 3.48. The molecule has 0 radical (unpaired) electrons. The smallest absolute Gasteiger partial charge is 0.311 e. The van der Waals surface area contributed by atoms with E-state index in [1.807, 2.05) is 31.2 Å². The van der Waals surface area contributed by atoms with Crippen LogP contribution in [0.15, 0.2) is 47.1 Å². The van der Waals surface area contributed by atoms with Gasteiger partial charge in [-0.1, -0.05) is 12.1 Å². The Morgan fingerprint density at radius 3 is 2.88 bits per heavy atom. The van der Waals surface area contributed by atoms with Gasteiger partial charge in [-0.15, -0.1) is 0 Å². The topological polar surface area (TPSA) is 39.4 Å². The maximum absolute atomic E-state index is 11.6. The Morgan fingerprint density at radius 2 is 2.18 bits per heavy atom. The van der Waals surface area contributed by atoms with Crippen molar-refractivity contribution >= 4 is 5.97 Å². The molecule has 0 amide bonds. The van der Waals surface area contributed by atoms with Gasteiger partial charge in [0.05, 0.1) is 12.7 Å². The molecule has 0 N–H and O–H groups in total. The standard InChI is InChI=1S/C14H14O3/c1-11-4-2-5-13(10-11)17-14(15)8-7-12-6-3-9-16-12/h2-6,9-10H,7-8H2,1H3. The van der Waals surface area contributed by atoms with Crippen LogP contribution in [0.1, 0.15) is 17.7 Å². The first-order valence-corrected chi connectivity index (χ1v) is 5.54. The van der Waals surface area contributed by atoms with Crippen LogP contribution in [0.25, 0.3) is 0 Å². The summed E-state index contributed by atoms with van der Waals surface area (Å²) in [5.74, 6) is 1.15. The lowest BCUT2D eigenvalue weighted by molar-refractivity contribution is -0.134. The van der Waals surface area contributed by atoms with Gasteiger partial charge in [-0.05, 0) is 36.8 Å². The van der Waals surface area contributed by atoms with Crippen LogP contribution in [0.5, 0.6) is 5.75 Å². The molecule has 0 fully saturated rings. The highest BCUT2D eigenvalue weighted by Crippen LogP contribution is 2.13. The number of hydrogen-bond acceptors (Lipinski definition) is 3. The van der Waals surface area contributed by atoms with Gasteiger partial charge in [0.1, 0.15) is 11.5 Å². The first-order chi connectivity index (χ1) is 8.24. The molecule has 0 aliphatic rings. The van der Waals surface area contributed by atoms with Gasteiger partial charge in [-0.3, -0.25) is 4.79 Å². The number of furan rings is 1. The van der Waals surface area contributed by atoms with E-state index in [-0.39, 0.29) is 5.97 Å². The quantitative estimate of drug-likeness (QED) is 0.598. The van der Waals surface area contributed by atoms with Crippen molar-refractivity contribution in [1.29, 1.82) is 0 Å². The summed E-state index contributed by atoms with van der Waals surface area (Å²) in [6.07, 6.45) is 2.49. The van der Waals surface area contributed by atoms with Crippen molar-refractivity contribution in [3.8, 4) is 5.75 Å². The summed E-state index contributed by atoms with van der Waals surface area (Å²) in [6.45, 7) is 1.96. The average Bonchev–Trinajstić information content (AvgIpc) is 2.79. The summed E-state index contributed by atoms with van der Waals surface area (Å²) in [4.78, 5) is 11.6. The average molecular weight is 230 g/mol. The molecule has 2 rings (SSSR count). The summed E-state index contributed by atoms with van der Waals surface area (Å²) in [6, 6.07) is 11.1. The van der Waals surface area contributed by atoms with E-state index in [1.54, 1.807) is 18.4 Å². The molecule has 0 saturated carbocycles. The van der Waals surface area contributed by atoms with Crippen molar-refractivity contribution in [3.05, 3.63) is 54.0 Å². The highest BCUT2D eigenvalue weighted by molar-refractivity contribution is 5.72. The van der Waals surface area contributed by atoms with E-state index in [1.165, 1.54) is 0 Å². The van der Waals surface area contributed by atoms with E-state index in [0.29, 0.717) is 18.6 Å². The number of benzene rings is 1. The predicted molar refractivity (Wildman–Crippen MR) is 63.8 cm³/mol. The highest BCUT2D eigenvalue weighted by Gasteiger charge is 2.06. The fraction of sp³-hybridized carbons (Fsp3) is 0.214. The fourth-order valence-corrected chi connectivity index (χ4v) is 1.54. The Hall–Kier alpha value is -2.03. The van der Waals surface area contributed by atoms with E-state index in [4.69, 9.17) is 9.15 Å². The third-order valence-corrected chi connectivity index (χ3v) is 2.38. The molecule has 17 heavy (non-hydrogen) atoms. The summed E-state index contributed by atoms with van der Waals surface area (Å²) in [5, 5.41) is 0. The van der Waals surface area contributed by atoms with Gasteiger partial charge < -0.3 is 9.15 Å². The number of carbonyl (C=O) groups excluding carboxylic acids is 1. The Balaban J connectivity index is 1.85. The Bertz CT molecular complexity index is 486. The minimum absolute atomic E-state index is 0.244.